The summed E-state index contributed by atoms with van der Waals surface area (Å²) in [6.07, 6.45) is 3.12. The fourth-order valence-electron chi connectivity index (χ4n) is 3.05. The van der Waals surface area contributed by atoms with Crippen molar-refractivity contribution in [3.8, 4) is 5.75 Å². The molecule has 0 radical (unpaired) electrons. The highest BCUT2D eigenvalue weighted by Gasteiger charge is 2.30. The molecule has 0 N–H and O–H groups in total. The average Bonchev–Trinajstić information content (AvgIpc) is 2.75. The molecule has 0 aromatic heterocycles. The van der Waals surface area contributed by atoms with Crippen molar-refractivity contribution in [2.24, 2.45) is 0 Å². The highest BCUT2D eigenvalue weighted by Crippen LogP contribution is 2.20. The number of hydrogen-bond acceptors (Lipinski definition) is 4. The minimum absolute atomic E-state index is 0.0734. The lowest BCUT2D eigenvalue weighted by molar-refractivity contribution is -0.127. The Bertz CT molecular complexity index is 1030. The lowest BCUT2D eigenvalue weighted by Crippen LogP contribution is -2.50. The summed E-state index contributed by atoms with van der Waals surface area (Å²) in [5.74, 6) is -1.80. The standard InChI is InChI=1S/C21H22F2N2O4S/c1-2-29-17-6-3-16(4-7-17)5-10-21(26)24-11-13-25(14-12-24)30(27,28)18-8-9-19(22)20(23)15-18/h3-10,15H,2,11-14H2,1H3/b10-5+. The maximum Gasteiger partial charge on any atom is 0.246 e. The minimum Gasteiger partial charge on any atom is -0.494 e. The molecule has 0 saturated carbocycles. The highest BCUT2D eigenvalue weighted by molar-refractivity contribution is 7.89. The van der Waals surface area contributed by atoms with E-state index in [1.807, 2.05) is 31.2 Å². The maximum atomic E-state index is 13.4. The van der Waals surface area contributed by atoms with Gasteiger partial charge in [-0.05, 0) is 48.9 Å². The van der Waals surface area contributed by atoms with Crippen LogP contribution in [0.4, 0.5) is 8.78 Å². The molecule has 0 atom stereocenters. The summed E-state index contributed by atoms with van der Waals surface area (Å²) in [6.45, 7) is 3.03. The van der Waals surface area contributed by atoms with E-state index in [9.17, 15) is 22.0 Å². The predicted octanol–water partition coefficient (Wildman–Crippen LogP) is 2.91. The predicted molar refractivity (Wildman–Crippen MR) is 108 cm³/mol. The smallest absolute Gasteiger partial charge is 0.246 e. The number of ether oxygens (including phenoxy) is 1. The van der Waals surface area contributed by atoms with Gasteiger partial charge in [-0.25, -0.2) is 17.2 Å². The zero-order valence-electron chi connectivity index (χ0n) is 16.4. The summed E-state index contributed by atoms with van der Waals surface area (Å²) in [7, 11) is -3.96. The van der Waals surface area contributed by atoms with E-state index < -0.39 is 21.7 Å². The van der Waals surface area contributed by atoms with Crippen LogP contribution in [-0.2, 0) is 14.8 Å². The van der Waals surface area contributed by atoms with Crippen molar-refractivity contribution >= 4 is 22.0 Å². The maximum absolute atomic E-state index is 13.4. The quantitative estimate of drug-likeness (QED) is 0.653. The van der Waals surface area contributed by atoms with E-state index in [0.29, 0.717) is 12.7 Å². The normalized spacial score (nSPS) is 15.5. The number of piperazine rings is 1. The SMILES string of the molecule is CCOc1ccc(/C=C/C(=O)N2CCN(S(=O)(=O)c3ccc(F)c(F)c3)CC2)cc1. The van der Waals surface area contributed by atoms with Crippen LogP contribution in [0.3, 0.4) is 0 Å². The number of hydrogen-bond donors (Lipinski definition) is 0. The van der Waals surface area contributed by atoms with Gasteiger partial charge >= 0.3 is 0 Å². The Balaban J connectivity index is 1.59. The van der Waals surface area contributed by atoms with Crippen molar-refractivity contribution in [1.29, 1.82) is 0 Å². The van der Waals surface area contributed by atoms with Crippen molar-refractivity contribution in [2.75, 3.05) is 32.8 Å². The van der Waals surface area contributed by atoms with E-state index in [1.54, 1.807) is 11.0 Å². The van der Waals surface area contributed by atoms with Gasteiger partial charge in [-0.1, -0.05) is 12.1 Å². The van der Waals surface area contributed by atoms with Crippen molar-refractivity contribution in [2.45, 2.75) is 11.8 Å². The fraction of sp³-hybridized carbons (Fsp3) is 0.286. The first-order valence-corrected chi connectivity index (χ1v) is 10.9. The van der Waals surface area contributed by atoms with E-state index in [1.165, 1.54) is 10.4 Å². The molecule has 1 aliphatic heterocycles. The topological polar surface area (TPSA) is 66.9 Å². The molecule has 6 nitrogen and oxygen atoms in total. The Morgan fingerprint density at radius 2 is 1.70 bits per heavy atom. The number of halogens is 2. The van der Waals surface area contributed by atoms with Gasteiger partial charge in [0.1, 0.15) is 5.75 Å². The van der Waals surface area contributed by atoms with Gasteiger partial charge in [0.05, 0.1) is 11.5 Å². The molecule has 30 heavy (non-hydrogen) atoms. The third kappa shape index (κ3) is 5.03. The van der Waals surface area contributed by atoms with Crippen LogP contribution in [0.1, 0.15) is 12.5 Å². The average molecular weight is 436 g/mol. The molecule has 0 unspecified atom stereocenters. The number of benzene rings is 2. The third-order valence-corrected chi connectivity index (χ3v) is 6.58. The van der Waals surface area contributed by atoms with Crippen LogP contribution in [0.25, 0.3) is 6.08 Å². The fourth-order valence-corrected chi connectivity index (χ4v) is 4.48. The largest absolute Gasteiger partial charge is 0.494 e. The van der Waals surface area contributed by atoms with Crippen LogP contribution in [-0.4, -0.2) is 56.3 Å². The zero-order valence-corrected chi connectivity index (χ0v) is 17.2. The van der Waals surface area contributed by atoms with Gasteiger partial charge in [-0.15, -0.1) is 0 Å². The molecule has 1 amide bonds. The van der Waals surface area contributed by atoms with Crippen LogP contribution in [0, 0.1) is 11.6 Å². The summed E-state index contributed by atoms with van der Waals surface area (Å²) in [4.78, 5) is 13.6. The molecule has 9 heteroatoms. The Labute approximate surface area is 174 Å². The lowest BCUT2D eigenvalue weighted by atomic mass is 10.2. The number of carbonyl (C=O) groups excluding carboxylic acids is 1. The summed E-state index contributed by atoms with van der Waals surface area (Å²) in [5.41, 5.74) is 0.839. The molecule has 0 spiro atoms. The Morgan fingerprint density at radius 3 is 2.30 bits per heavy atom. The van der Waals surface area contributed by atoms with Crippen LogP contribution in [0.5, 0.6) is 5.75 Å². The van der Waals surface area contributed by atoms with Crippen molar-refractivity contribution in [3.63, 3.8) is 0 Å². The second-order valence-corrected chi connectivity index (χ2v) is 8.58. The Morgan fingerprint density at radius 1 is 1.03 bits per heavy atom. The van der Waals surface area contributed by atoms with Gasteiger partial charge in [0.25, 0.3) is 0 Å². The molecule has 1 aliphatic rings. The molecule has 1 fully saturated rings. The Kier molecular flexibility index (Phi) is 6.84. The molecule has 0 bridgehead atoms. The number of rotatable bonds is 6. The molecule has 2 aromatic carbocycles. The number of sulfonamides is 1. The van der Waals surface area contributed by atoms with Crippen molar-refractivity contribution in [1.82, 2.24) is 9.21 Å². The van der Waals surface area contributed by atoms with E-state index in [-0.39, 0.29) is 37.0 Å². The zero-order chi connectivity index (χ0) is 21.7. The number of nitrogens with zero attached hydrogens (tertiary/aromatic N) is 2. The van der Waals surface area contributed by atoms with Gasteiger partial charge in [-0.3, -0.25) is 4.79 Å². The van der Waals surface area contributed by atoms with Crippen molar-refractivity contribution < 1.29 is 26.7 Å². The van der Waals surface area contributed by atoms with Crippen LogP contribution >= 0.6 is 0 Å². The molecule has 0 aliphatic carbocycles. The monoisotopic (exact) mass is 436 g/mol. The summed E-state index contributed by atoms with van der Waals surface area (Å²) < 4.78 is 58.3. The molecule has 160 valence electrons. The van der Waals surface area contributed by atoms with Crippen LogP contribution in [0.2, 0.25) is 0 Å². The molecular weight excluding hydrogens is 414 g/mol. The molecule has 2 aromatic rings. The molecule has 3 rings (SSSR count). The molecular formula is C21H22F2N2O4S. The van der Waals surface area contributed by atoms with Crippen LogP contribution < -0.4 is 4.74 Å². The van der Waals surface area contributed by atoms with Gasteiger partial charge in [0.15, 0.2) is 11.6 Å². The van der Waals surface area contributed by atoms with Gasteiger partial charge in [-0.2, -0.15) is 4.31 Å². The minimum atomic E-state index is -3.96. The lowest BCUT2D eigenvalue weighted by Gasteiger charge is -2.33. The summed E-state index contributed by atoms with van der Waals surface area (Å²) >= 11 is 0. The highest BCUT2D eigenvalue weighted by atomic mass is 32.2. The number of carbonyl (C=O) groups is 1. The summed E-state index contributed by atoms with van der Waals surface area (Å²) in [6, 6.07) is 9.79. The van der Waals surface area contributed by atoms with E-state index >= 15 is 0 Å². The number of amides is 1. The van der Waals surface area contributed by atoms with Crippen molar-refractivity contribution in [3.05, 3.63) is 65.7 Å². The van der Waals surface area contributed by atoms with Gasteiger partial charge in [0, 0.05) is 32.3 Å². The second-order valence-electron chi connectivity index (χ2n) is 6.64. The molecule has 1 saturated heterocycles. The van der Waals surface area contributed by atoms with E-state index in [2.05, 4.69) is 0 Å². The second kappa shape index (κ2) is 9.36. The van der Waals surface area contributed by atoms with Gasteiger partial charge < -0.3 is 9.64 Å². The van der Waals surface area contributed by atoms with E-state index in [4.69, 9.17) is 4.74 Å². The third-order valence-electron chi connectivity index (χ3n) is 4.69. The molecule has 1 heterocycles. The first-order valence-electron chi connectivity index (χ1n) is 9.46. The first-order chi connectivity index (χ1) is 14.3. The first kappa shape index (κ1) is 21.9. The van der Waals surface area contributed by atoms with Gasteiger partial charge in [0.2, 0.25) is 15.9 Å². The summed E-state index contributed by atoms with van der Waals surface area (Å²) in [5, 5.41) is 0. The Hall–Kier alpha value is -2.78. The van der Waals surface area contributed by atoms with Crippen LogP contribution in [0.15, 0.2) is 53.4 Å². The van der Waals surface area contributed by atoms with E-state index in [0.717, 1.165) is 23.4 Å².